The van der Waals surface area contributed by atoms with E-state index >= 15 is 0 Å². The summed E-state index contributed by atoms with van der Waals surface area (Å²) in [5.74, 6) is 1.47. The molecule has 146 valence electrons. The predicted molar refractivity (Wildman–Crippen MR) is 113 cm³/mol. The van der Waals surface area contributed by atoms with Crippen molar-refractivity contribution in [3.8, 4) is 11.5 Å². The van der Waals surface area contributed by atoms with Crippen molar-refractivity contribution in [3.63, 3.8) is 0 Å². The van der Waals surface area contributed by atoms with Crippen LogP contribution in [0, 0.1) is 0 Å². The summed E-state index contributed by atoms with van der Waals surface area (Å²) in [6.45, 7) is 0. The lowest BCUT2D eigenvalue weighted by atomic mass is 9.96. The molecule has 0 bridgehead atoms. The van der Waals surface area contributed by atoms with Crippen LogP contribution in [0.25, 0.3) is 0 Å². The molecule has 5 rings (SSSR count). The quantitative estimate of drug-likeness (QED) is 0.544. The molecule has 2 aliphatic rings. The Labute approximate surface area is 178 Å². The number of hydrazone groups is 1. The fourth-order valence-electron chi connectivity index (χ4n) is 3.82. The van der Waals surface area contributed by atoms with Gasteiger partial charge in [0.15, 0.2) is 0 Å². The Bertz CT molecular complexity index is 1090. The van der Waals surface area contributed by atoms with Gasteiger partial charge in [-0.15, -0.1) is 0 Å². The van der Waals surface area contributed by atoms with Crippen LogP contribution in [0.4, 0.5) is 0 Å². The molecule has 7 heteroatoms. The van der Waals surface area contributed by atoms with Crippen LogP contribution in [-0.4, -0.2) is 22.8 Å². The van der Waals surface area contributed by atoms with Crippen LogP contribution in [0.2, 0.25) is 10.0 Å². The normalized spacial score (nSPS) is 19.8. The zero-order chi connectivity index (χ0) is 20.0. The van der Waals surface area contributed by atoms with E-state index in [9.17, 15) is 0 Å². The molecule has 0 amide bonds. The molecule has 1 aromatic heterocycles. The van der Waals surface area contributed by atoms with E-state index in [0.717, 1.165) is 34.6 Å². The average Bonchev–Trinajstić information content (AvgIpc) is 3.20. The summed E-state index contributed by atoms with van der Waals surface area (Å²) >= 11 is 12.8. The Morgan fingerprint density at radius 3 is 2.55 bits per heavy atom. The number of nitrogens with zero attached hydrogens (tertiary/aromatic N) is 3. The molecular formula is C22H17Cl2N3O2. The molecule has 29 heavy (non-hydrogen) atoms. The maximum absolute atomic E-state index is 6.49. The van der Waals surface area contributed by atoms with Crippen molar-refractivity contribution in [1.82, 2.24) is 9.99 Å². The SMILES string of the molecule is COc1ccc(C2=NN3[C@@H](C2)c2cc(Cl)cc(Cl)c2O[C@H]3c2ccncc2)cc1. The fraction of sp³-hybridized carbons (Fsp3) is 0.182. The Balaban J connectivity index is 1.60. The summed E-state index contributed by atoms with van der Waals surface area (Å²) in [5, 5.41) is 8.00. The summed E-state index contributed by atoms with van der Waals surface area (Å²) in [5.41, 5.74) is 3.93. The summed E-state index contributed by atoms with van der Waals surface area (Å²) in [6.07, 6.45) is 3.82. The first-order chi connectivity index (χ1) is 14.1. The van der Waals surface area contributed by atoms with Gasteiger partial charge in [0.1, 0.15) is 11.5 Å². The lowest BCUT2D eigenvalue weighted by Crippen LogP contribution is -2.33. The Hall–Kier alpha value is -2.76. The van der Waals surface area contributed by atoms with Crippen LogP contribution in [0.15, 0.2) is 66.0 Å². The first kappa shape index (κ1) is 18.3. The van der Waals surface area contributed by atoms with Crippen LogP contribution < -0.4 is 9.47 Å². The topological polar surface area (TPSA) is 47.0 Å². The first-order valence-electron chi connectivity index (χ1n) is 9.20. The van der Waals surface area contributed by atoms with Crippen molar-refractivity contribution in [2.24, 2.45) is 5.10 Å². The Morgan fingerprint density at radius 2 is 1.83 bits per heavy atom. The molecule has 2 aromatic carbocycles. The lowest BCUT2D eigenvalue weighted by Gasteiger charge is -2.38. The zero-order valence-corrected chi connectivity index (χ0v) is 17.1. The number of halogens is 2. The van der Waals surface area contributed by atoms with E-state index in [-0.39, 0.29) is 6.04 Å². The summed E-state index contributed by atoms with van der Waals surface area (Å²) < 4.78 is 11.6. The van der Waals surface area contributed by atoms with Gasteiger partial charge in [-0.3, -0.25) is 4.98 Å². The number of hydrogen-bond acceptors (Lipinski definition) is 5. The minimum Gasteiger partial charge on any atom is -0.497 e. The van der Waals surface area contributed by atoms with Gasteiger partial charge in [-0.2, -0.15) is 5.10 Å². The number of pyridine rings is 1. The van der Waals surface area contributed by atoms with Gasteiger partial charge in [-0.1, -0.05) is 23.2 Å². The third-order valence-corrected chi connectivity index (χ3v) is 5.72. The van der Waals surface area contributed by atoms with Gasteiger partial charge >= 0.3 is 0 Å². The van der Waals surface area contributed by atoms with Crippen LogP contribution in [0.3, 0.4) is 0 Å². The Kier molecular flexibility index (Phi) is 4.57. The first-order valence-corrected chi connectivity index (χ1v) is 9.95. The third kappa shape index (κ3) is 3.20. The maximum Gasteiger partial charge on any atom is 0.214 e. The van der Waals surface area contributed by atoms with Gasteiger partial charge in [-0.25, -0.2) is 5.01 Å². The number of ether oxygens (including phenoxy) is 2. The van der Waals surface area contributed by atoms with Crippen molar-refractivity contribution in [1.29, 1.82) is 0 Å². The summed E-state index contributed by atoms with van der Waals surface area (Å²) in [7, 11) is 1.66. The number of hydrogen-bond donors (Lipinski definition) is 0. The van der Waals surface area contributed by atoms with E-state index in [0.29, 0.717) is 15.8 Å². The van der Waals surface area contributed by atoms with Gasteiger partial charge in [-0.05, 0) is 54.1 Å². The highest BCUT2D eigenvalue weighted by molar-refractivity contribution is 6.35. The van der Waals surface area contributed by atoms with Gasteiger partial charge in [0.05, 0.1) is 23.9 Å². The molecule has 0 saturated heterocycles. The molecule has 0 unspecified atom stereocenters. The molecule has 0 N–H and O–H groups in total. The van der Waals surface area contributed by atoms with Crippen molar-refractivity contribution >= 4 is 28.9 Å². The molecular weight excluding hydrogens is 409 g/mol. The van der Waals surface area contributed by atoms with Gasteiger partial charge in [0.25, 0.3) is 0 Å². The van der Waals surface area contributed by atoms with E-state index in [1.807, 2.05) is 47.5 Å². The standard InChI is InChI=1S/C22H17Cl2N3O2/c1-28-16-4-2-13(3-5-16)19-12-20-17-10-15(23)11-18(24)21(17)29-22(27(20)26-19)14-6-8-25-9-7-14/h2-11,20,22H,12H2,1H3/t20-,22-/m0/s1. The van der Waals surface area contributed by atoms with Crippen LogP contribution >= 0.6 is 23.2 Å². The van der Waals surface area contributed by atoms with E-state index in [4.69, 9.17) is 37.8 Å². The predicted octanol–water partition coefficient (Wildman–Crippen LogP) is 5.64. The second kappa shape index (κ2) is 7.25. The molecule has 0 radical (unpaired) electrons. The molecule has 0 saturated carbocycles. The molecule has 5 nitrogen and oxygen atoms in total. The smallest absolute Gasteiger partial charge is 0.214 e. The van der Waals surface area contributed by atoms with Gasteiger partial charge in [0, 0.05) is 35.0 Å². The minimum absolute atomic E-state index is 0.0229. The van der Waals surface area contributed by atoms with E-state index in [2.05, 4.69) is 4.98 Å². The molecule has 2 atom stereocenters. The molecule has 0 aliphatic carbocycles. The van der Waals surface area contributed by atoms with Crippen molar-refractivity contribution < 1.29 is 9.47 Å². The van der Waals surface area contributed by atoms with E-state index < -0.39 is 6.23 Å². The van der Waals surface area contributed by atoms with Crippen LogP contribution in [0.5, 0.6) is 11.5 Å². The van der Waals surface area contributed by atoms with Gasteiger partial charge < -0.3 is 9.47 Å². The van der Waals surface area contributed by atoms with E-state index in [1.54, 1.807) is 25.6 Å². The highest BCUT2D eigenvalue weighted by Gasteiger charge is 2.42. The van der Waals surface area contributed by atoms with Crippen molar-refractivity contribution in [3.05, 3.63) is 87.7 Å². The summed E-state index contributed by atoms with van der Waals surface area (Å²) in [4.78, 5) is 4.11. The molecule has 0 fully saturated rings. The van der Waals surface area contributed by atoms with E-state index in [1.165, 1.54) is 0 Å². The second-order valence-corrected chi connectivity index (χ2v) is 7.78. The fourth-order valence-corrected chi connectivity index (χ4v) is 4.37. The Morgan fingerprint density at radius 1 is 1.07 bits per heavy atom. The zero-order valence-electron chi connectivity index (χ0n) is 15.5. The third-order valence-electron chi connectivity index (χ3n) is 5.22. The van der Waals surface area contributed by atoms with Crippen molar-refractivity contribution in [2.75, 3.05) is 7.11 Å². The lowest BCUT2D eigenvalue weighted by molar-refractivity contribution is -0.0189. The van der Waals surface area contributed by atoms with Crippen LogP contribution in [-0.2, 0) is 0 Å². The number of aromatic nitrogens is 1. The maximum atomic E-state index is 6.49. The number of benzene rings is 2. The monoisotopic (exact) mass is 425 g/mol. The van der Waals surface area contributed by atoms with Gasteiger partial charge in [0.2, 0.25) is 6.23 Å². The highest BCUT2D eigenvalue weighted by atomic mass is 35.5. The van der Waals surface area contributed by atoms with Crippen molar-refractivity contribution in [2.45, 2.75) is 18.7 Å². The molecule has 3 aromatic rings. The number of methoxy groups -OCH3 is 1. The van der Waals surface area contributed by atoms with Crippen LogP contribution in [0.1, 0.15) is 35.4 Å². The molecule has 2 aliphatic heterocycles. The highest BCUT2D eigenvalue weighted by Crippen LogP contribution is 2.50. The number of fused-ring (bicyclic) bond motifs is 3. The average molecular weight is 426 g/mol. The number of rotatable bonds is 3. The second-order valence-electron chi connectivity index (χ2n) is 6.93. The largest absolute Gasteiger partial charge is 0.497 e. The molecule has 3 heterocycles. The summed E-state index contributed by atoms with van der Waals surface area (Å²) in [6, 6.07) is 15.4. The minimum atomic E-state index is -0.398. The molecule has 0 spiro atoms.